The van der Waals surface area contributed by atoms with Crippen molar-refractivity contribution in [3.63, 3.8) is 0 Å². The van der Waals surface area contributed by atoms with Gasteiger partial charge in [0, 0.05) is 37.3 Å². The maximum Gasteiger partial charge on any atom is 0.241 e. The molecule has 2 aromatic heterocycles. The highest BCUT2D eigenvalue weighted by Crippen LogP contribution is 2.37. The van der Waals surface area contributed by atoms with Crippen LogP contribution in [0.15, 0.2) is 60.7 Å². The zero-order valence-corrected chi connectivity index (χ0v) is 19.4. The Balaban J connectivity index is 1.44. The van der Waals surface area contributed by atoms with Gasteiger partial charge in [-0.2, -0.15) is 5.10 Å². The van der Waals surface area contributed by atoms with Crippen LogP contribution in [0.1, 0.15) is 0 Å². The van der Waals surface area contributed by atoms with Crippen LogP contribution >= 0.6 is 11.6 Å². The molecule has 1 saturated heterocycles. The molecule has 0 bridgehead atoms. The Kier molecular flexibility index (Phi) is 6.80. The van der Waals surface area contributed by atoms with Crippen LogP contribution in [0.3, 0.4) is 0 Å². The predicted molar refractivity (Wildman–Crippen MR) is 131 cm³/mol. The highest BCUT2D eigenvalue weighted by Gasteiger charge is 2.22. The summed E-state index contributed by atoms with van der Waals surface area (Å²) in [5.41, 5.74) is 3.50. The van der Waals surface area contributed by atoms with Gasteiger partial charge in [0.2, 0.25) is 5.91 Å². The number of carbonyl (C=O) groups is 1. The van der Waals surface area contributed by atoms with Crippen LogP contribution in [0, 0.1) is 0 Å². The standard InChI is InChI=1S/C25H25ClN6O2/c26-22-21-23(18-7-3-1-4-8-18)30-32(17-20(33)27-11-12-31-13-15-34-16-14-31)25(21)29-28-24(22)19-9-5-2-6-10-19/h1-10H,11-17H2,(H,27,33). The second kappa shape index (κ2) is 10.3. The smallest absolute Gasteiger partial charge is 0.241 e. The number of aromatic nitrogens is 4. The topological polar surface area (TPSA) is 85.2 Å². The van der Waals surface area contributed by atoms with Crippen molar-refractivity contribution in [3.05, 3.63) is 65.7 Å². The van der Waals surface area contributed by atoms with Crippen LogP contribution in [0.25, 0.3) is 33.5 Å². The molecule has 1 fully saturated rings. The molecule has 34 heavy (non-hydrogen) atoms. The quantitative estimate of drug-likeness (QED) is 0.440. The summed E-state index contributed by atoms with van der Waals surface area (Å²) in [6, 6.07) is 19.4. The van der Waals surface area contributed by atoms with Gasteiger partial charge in [-0.3, -0.25) is 9.69 Å². The number of fused-ring (bicyclic) bond motifs is 1. The van der Waals surface area contributed by atoms with Gasteiger partial charge in [-0.05, 0) is 0 Å². The molecule has 0 radical (unpaired) electrons. The van der Waals surface area contributed by atoms with E-state index in [-0.39, 0.29) is 12.5 Å². The SMILES string of the molecule is O=C(Cn1nc(-c2ccccc2)c2c(Cl)c(-c3ccccc3)nnc21)NCCN1CCOCC1. The van der Waals surface area contributed by atoms with Crippen LogP contribution in [-0.2, 0) is 16.1 Å². The first-order valence-electron chi connectivity index (χ1n) is 11.3. The maximum atomic E-state index is 12.7. The van der Waals surface area contributed by atoms with Crippen molar-refractivity contribution in [2.24, 2.45) is 0 Å². The van der Waals surface area contributed by atoms with E-state index in [1.54, 1.807) is 4.68 Å². The fraction of sp³-hybridized carbons (Fsp3) is 0.280. The molecule has 9 heteroatoms. The van der Waals surface area contributed by atoms with Gasteiger partial charge in [0.1, 0.15) is 17.9 Å². The summed E-state index contributed by atoms with van der Waals surface area (Å²) in [4.78, 5) is 15.0. The lowest BCUT2D eigenvalue weighted by Crippen LogP contribution is -2.41. The number of nitrogens with zero attached hydrogens (tertiary/aromatic N) is 5. The number of benzene rings is 2. The van der Waals surface area contributed by atoms with E-state index >= 15 is 0 Å². The summed E-state index contributed by atoms with van der Waals surface area (Å²) in [5, 5.41) is 17.7. The van der Waals surface area contributed by atoms with E-state index < -0.39 is 0 Å². The van der Waals surface area contributed by atoms with Gasteiger partial charge in [0.05, 0.1) is 23.6 Å². The summed E-state index contributed by atoms with van der Waals surface area (Å²) in [7, 11) is 0. The Morgan fingerprint density at radius 3 is 2.26 bits per heavy atom. The number of ether oxygens (including phenoxy) is 1. The van der Waals surface area contributed by atoms with Crippen LogP contribution in [-0.4, -0.2) is 70.2 Å². The molecule has 1 amide bonds. The Morgan fingerprint density at radius 2 is 1.59 bits per heavy atom. The molecular formula is C25H25ClN6O2. The predicted octanol–water partition coefficient (Wildman–Crippen LogP) is 3.26. The average Bonchev–Trinajstić information content (AvgIpc) is 3.25. The lowest BCUT2D eigenvalue weighted by molar-refractivity contribution is -0.121. The molecule has 3 heterocycles. The maximum absolute atomic E-state index is 12.7. The molecule has 0 atom stereocenters. The summed E-state index contributed by atoms with van der Waals surface area (Å²) in [6.07, 6.45) is 0. The van der Waals surface area contributed by atoms with E-state index in [1.807, 2.05) is 60.7 Å². The summed E-state index contributed by atoms with van der Waals surface area (Å²) < 4.78 is 6.95. The fourth-order valence-electron chi connectivity index (χ4n) is 4.08. The van der Waals surface area contributed by atoms with Gasteiger partial charge >= 0.3 is 0 Å². The molecule has 1 aliphatic rings. The van der Waals surface area contributed by atoms with Gasteiger partial charge < -0.3 is 10.1 Å². The number of nitrogens with one attached hydrogen (secondary N) is 1. The first-order valence-corrected chi connectivity index (χ1v) is 11.7. The summed E-state index contributed by atoms with van der Waals surface area (Å²) in [5.74, 6) is -0.137. The zero-order chi connectivity index (χ0) is 23.3. The van der Waals surface area contributed by atoms with Crippen molar-refractivity contribution in [2.45, 2.75) is 6.54 Å². The molecule has 4 aromatic rings. The monoisotopic (exact) mass is 476 g/mol. The minimum absolute atomic E-state index is 0.0299. The highest BCUT2D eigenvalue weighted by atomic mass is 35.5. The van der Waals surface area contributed by atoms with Gasteiger partial charge in [-0.15, -0.1) is 10.2 Å². The molecule has 174 valence electrons. The largest absolute Gasteiger partial charge is 0.379 e. The Bertz CT molecular complexity index is 1270. The normalized spacial score (nSPS) is 14.4. The van der Waals surface area contributed by atoms with E-state index in [0.717, 1.165) is 44.0 Å². The highest BCUT2D eigenvalue weighted by molar-refractivity contribution is 6.38. The van der Waals surface area contributed by atoms with E-state index in [0.29, 0.717) is 34.0 Å². The van der Waals surface area contributed by atoms with E-state index in [1.165, 1.54) is 0 Å². The van der Waals surface area contributed by atoms with Crippen molar-refractivity contribution in [2.75, 3.05) is 39.4 Å². The van der Waals surface area contributed by atoms with Gasteiger partial charge in [0.25, 0.3) is 0 Å². The van der Waals surface area contributed by atoms with Crippen LogP contribution < -0.4 is 5.32 Å². The summed E-state index contributed by atoms with van der Waals surface area (Å²) >= 11 is 6.88. The lowest BCUT2D eigenvalue weighted by atomic mass is 10.1. The minimum Gasteiger partial charge on any atom is -0.379 e. The third kappa shape index (κ3) is 4.79. The minimum atomic E-state index is -0.137. The van der Waals surface area contributed by atoms with Crippen molar-refractivity contribution in [3.8, 4) is 22.5 Å². The first kappa shape index (κ1) is 22.5. The molecule has 0 saturated carbocycles. The summed E-state index contributed by atoms with van der Waals surface area (Å²) in [6.45, 7) is 4.63. The number of hydrogen-bond acceptors (Lipinski definition) is 6. The second-order valence-electron chi connectivity index (χ2n) is 8.10. The number of hydrogen-bond donors (Lipinski definition) is 1. The van der Waals surface area contributed by atoms with Gasteiger partial charge in [-0.25, -0.2) is 4.68 Å². The lowest BCUT2D eigenvalue weighted by Gasteiger charge is -2.26. The number of rotatable bonds is 7. The van der Waals surface area contributed by atoms with Crippen LogP contribution in [0.4, 0.5) is 0 Å². The molecule has 0 unspecified atom stereocenters. The molecule has 8 nitrogen and oxygen atoms in total. The number of halogens is 1. The van der Waals surface area contributed by atoms with Crippen molar-refractivity contribution in [1.29, 1.82) is 0 Å². The van der Waals surface area contributed by atoms with E-state index in [9.17, 15) is 4.79 Å². The first-order chi connectivity index (χ1) is 16.7. The Morgan fingerprint density at radius 1 is 0.941 bits per heavy atom. The molecule has 1 N–H and O–H groups in total. The van der Waals surface area contributed by atoms with Crippen molar-refractivity contribution >= 4 is 28.5 Å². The van der Waals surface area contributed by atoms with Crippen LogP contribution in [0.2, 0.25) is 5.02 Å². The van der Waals surface area contributed by atoms with Crippen LogP contribution in [0.5, 0.6) is 0 Å². The van der Waals surface area contributed by atoms with Gasteiger partial charge in [-0.1, -0.05) is 72.3 Å². The van der Waals surface area contributed by atoms with Gasteiger partial charge in [0.15, 0.2) is 5.65 Å². The average molecular weight is 477 g/mol. The molecule has 0 spiro atoms. The second-order valence-corrected chi connectivity index (χ2v) is 8.48. The van der Waals surface area contributed by atoms with Crippen molar-refractivity contribution in [1.82, 2.24) is 30.2 Å². The number of morpholine rings is 1. The zero-order valence-electron chi connectivity index (χ0n) is 18.7. The molecule has 2 aromatic carbocycles. The third-order valence-electron chi connectivity index (χ3n) is 5.84. The molecule has 1 aliphatic heterocycles. The van der Waals surface area contributed by atoms with E-state index in [2.05, 4.69) is 20.4 Å². The third-order valence-corrected chi connectivity index (χ3v) is 6.21. The van der Waals surface area contributed by atoms with Crippen molar-refractivity contribution < 1.29 is 9.53 Å². The fourth-order valence-corrected chi connectivity index (χ4v) is 4.40. The number of amides is 1. The Labute approximate surface area is 202 Å². The molecule has 5 rings (SSSR count). The number of carbonyl (C=O) groups excluding carboxylic acids is 1. The molecular weight excluding hydrogens is 452 g/mol. The van der Waals surface area contributed by atoms with E-state index in [4.69, 9.17) is 21.4 Å². The Hall–Kier alpha value is -3.33. The molecule has 0 aliphatic carbocycles.